The number of likely N-dealkylation sites (tertiary alicyclic amines) is 1. The minimum absolute atomic E-state index is 0.0518. The van der Waals surface area contributed by atoms with Crippen LogP contribution in [0.5, 0.6) is 0 Å². The Morgan fingerprint density at radius 1 is 1.18 bits per heavy atom. The maximum absolute atomic E-state index is 14.1. The molecule has 2 heterocycles. The SMILES string of the molecule is CCCCN(C(=O)c1ccccc1F)c1nnc(-c2cccc(C)c2)s1.CN1CC(C(=O)O)C1. The molecule has 1 aliphatic rings. The van der Waals surface area contributed by atoms with E-state index in [1.807, 2.05) is 50.1 Å². The zero-order chi connectivity index (χ0) is 24.7. The summed E-state index contributed by atoms with van der Waals surface area (Å²) in [5, 5.41) is 18.0. The van der Waals surface area contributed by atoms with Crippen molar-refractivity contribution in [2.45, 2.75) is 26.7 Å². The Morgan fingerprint density at radius 3 is 2.50 bits per heavy atom. The first-order valence-corrected chi connectivity index (χ1v) is 12.0. The third-order valence-corrected chi connectivity index (χ3v) is 6.40. The zero-order valence-corrected chi connectivity index (χ0v) is 20.4. The molecular formula is C25H29FN4O3S. The Morgan fingerprint density at radius 2 is 1.91 bits per heavy atom. The standard InChI is InChI=1S/C20H20FN3OS.C5H9NO2/c1-3-4-12-24(19(25)16-10-5-6-11-17(16)21)20-23-22-18(26-20)15-9-7-8-14(2)13-15;1-6-2-4(3-6)5(7)8/h5-11,13H,3-4,12H2,1-2H3;4H,2-3H2,1H3,(H,7,8). The van der Waals surface area contributed by atoms with Crippen LogP contribution in [0.15, 0.2) is 48.5 Å². The van der Waals surface area contributed by atoms with Crippen molar-refractivity contribution >= 4 is 28.3 Å². The van der Waals surface area contributed by atoms with E-state index >= 15 is 0 Å². The summed E-state index contributed by atoms with van der Waals surface area (Å²) in [5.41, 5.74) is 2.14. The van der Waals surface area contributed by atoms with E-state index in [0.29, 0.717) is 11.7 Å². The van der Waals surface area contributed by atoms with Crippen LogP contribution in [0, 0.1) is 18.7 Å². The highest BCUT2D eigenvalue weighted by molar-refractivity contribution is 7.18. The van der Waals surface area contributed by atoms with E-state index in [-0.39, 0.29) is 17.4 Å². The number of hydrogen-bond acceptors (Lipinski definition) is 6. The number of carboxylic acid groups (broad SMARTS) is 1. The summed E-state index contributed by atoms with van der Waals surface area (Å²) >= 11 is 1.34. The van der Waals surface area contributed by atoms with Gasteiger partial charge in [0.05, 0.1) is 11.5 Å². The Hall–Kier alpha value is -3.17. The molecule has 1 aliphatic heterocycles. The second-order valence-corrected chi connectivity index (χ2v) is 9.26. The number of rotatable bonds is 7. The molecule has 1 aromatic heterocycles. The van der Waals surface area contributed by atoms with E-state index in [4.69, 9.17) is 5.11 Å². The number of hydrogen-bond donors (Lipinski definition) is 1. The topological polar surface area (TPSA) is 86.6 Å². The zero-order valence-electron chi connectivity index (χ0n) is 19.6. The highest BCUT2D eigenvalue weighted by Crippen LogP contribution is 2.30. The summed E-state index contributed by atoms with van der Waals surface area (Å²) in [5.74, 6) is -1.67. The number of benzene rings is 2. The molecule has 0 saturated carbocycles. The van der Waals surface area contributed by atoms with Gasteiger partial charge in [0.15, 0.2) is 0 Å². The van der Waals surface area contributed by atoms with Crippen LogP contribution < -0.4 is 4.90 Å². The average Bonchev–Trinajstić information content (AvgIpc) is 3.28. The molecule has 0 bridgehead atoms. The molecule has 0 unspecified atom stereocenters. The van der Waals surface area contributed by atoms with Crippen molar-refractivity contribution in [2.24, 2.45) is 5.92 Å². The van der Waals surface area contributed by atoms with Gasteiger partial charge in [-0.1, -0.05) is 60.6 Å². The molecular weight excluding hydrogens is 455 g/mol. The quantitative estimate of drug-likeness (QED) is 0.522. The fourth-order valence-corrected chi connectivity index (χ4v) is 4.32. The van der Waals surface area contributed by atoms with Crippen LogP contribution in [0.3, 0.4) is 0 Å². The van der Waals surface area contributed by atoms with Crippen molar-refractivity contribution in [1.82, 2.24) is 15.1 Å². The Kier molecular flexibility index (Phi) is 8.84. The lowest BCUT2D eigenvalue weighted by molar-refractivity contribution is -0.146. The van der Waals surface area contributed by atoms with Gasteiger partial charge in [0.2, 0.25) is 5.13 Å². The van der Waals surface area contributed by atoms with Gasteiger partial charge in [-0.2, -0.15) is 0 Å². The number of amides is 1. The number of carbonyl (C=O) groups excluding carboxylic acids is 1. The van der Waals surface area contributed by atoms with E-state index < -0.39 is 11.8 Å². The monoisotopic (exact) mass is 484 g/mol. The van der Waals surface area contributed by atoms with Crippen molar-refractivity contribution in [3.8, 4) is 10.6 Å². The maximum atomic E-state index is 14.1. The first kappa shape index (κ1) is 25.5. The molecule has 1 fully saturated rings. The lowest BCUT2D eigenvalue weighted by atomic mass is 10.0. The number of aromatic nitrogens is 2. The normalized spacial score (nSPS) is 13.5. The third-order valence-electron chi connectivity index (χ3n) is 5.41. The molecule has 0 spiro atoms. The van der Waals surface area contributed by atoms with E-state index in [2.05, 4.69) is 10.2 Å². The van der Waals surface area contributed by atoms with Gasteiger partial charge in [0, 0.05) is 25.2 Å². The smallest absolute Gasteiger partial charge is 0.309 e. The first-order valence-electron chi connectivity index (χ1n) is 11.2. The number of aliphatic carboxylic acids is 1. The Balaban J connectivity index is 0.000000343. The minimum Gasteiger partial charge on any atom is -0.481 e. The van der Waals surface area contributed by atoms with Crippen molar-refractivity contribution in [3.05, 3.63) is 65.5 Å². The molecule has 3 aromatic rings. The molecule has 1 N–H and O–H groups in total. The van der Waals surface area contributed by atoms with Gasteiger partial charge in [0.25, 0.3) is 5.91 Å². The second-order valence-electron chi connectivity index (χ2n) is 8.31. The van der Waals surface area contributed by atoms with Crippen LogP contribution in [-0.2, 0) is 4.79 Å². The molecule has 1 saturated heterocycles. The molecule has 34 heavy (non-hydrogen) atoms. The summed E-state index contributed by atoms with van der Waals surface area (Å²) < 4.78 is 14.1. The summed E-state index contributed by atoms with van der Waals surface area (Å²) in [6, 6.07) is 14.0. The maximum Gasteiger partial charge on any atom is 0.309 e. The highest BCUT2D eigenvalue weighted by atomic mass is 32.1. The molecule has 7 nitrogen and oxygen atoms in total. The molecule has 0 atom stereocenters. The van der Waals surface area contributed by atoms with Crippen LogP contribution in [0.25, 0.3) is 10.6 Å². The Bertz CT molecular complexity index is 1130. The largest absolute Gasteiger partial charge is 0.481 e. The predicted octanol–water partition coefficient (Wildman–Crippen LogP) is 4.73. The fourth-order valence-electron chi connectivity index (χ4n) is 3.45. The van der Waals surface area contributed by atoms with Crippen molar-refractivity contribution in [3.63, 3.8) is 0 Å². The van der Waals surface area contributed by atoms with E-state index in [1.165, 1.54) is 28.4 Å². The predicted molar refractivity (Wildman–Crippen MR) is 132 cm³/mol. The molecule has 0 aliphatic carbocycles. The summed E-state index contributed by atoms with van der Waals surface area (Å²) in [4.78, 5) is 26.5. The van der Waals surface area contributed by atoms with Gasteiger partial charge < -0.3 is 10.0 Å². The molecule has 9 heteroatoms. The number of aryl methyl sites for hydroxylation is 1. The van der Waals surface area contributed by atoms with Gasteiger partial charge in [-0.05, 0) is 38.6 Å². The summed E-state index contributed by atoms with van der Waals surface area (Å²) in [6.45, 7) is 5.97. The fraction of sp³-hybridized carbons (Fsp3) is 0.360. The van der Waals surface area contributed by atoms with E-state index in [1.54, 1.807) is 12.1 Å². The van der Waals surface area contributed by atoms with Gasteiger partial charge in [-0.3, -0.25) is 14.5 Å². The average molecular weight is 485 g/mol. The highest BCUT2D eigenvalue weighted by Gasteiger charge is 2.29. The number of halogens is 1. The summed E-state index contributed by atoms with van der Waals surface area (Å²) in [7, 11) is 1.92. The van der Waals surface area contributed by atoms with E-state index in [9.17, 15) is 14.0 Å². The number of anilines is 1. The van der Waals surface area contributed by atoms with Gasteiger partial charge in [0.1, 0.15) is 10.8 Å². The van der Waals surface area contributed by atoms with Crippen molar-refractivity contribution in [2.75, 3.05) is 31.6 Å². The second kappa shape index (κ2) is 11.8. The van der Waals surface area contributed by atoms with Crippen LogP contribution in [0.1, 0.15) is 35.7 Å². The van der Waals surface area contributed by atoms with Gasteiger partial charge in [-0.25, -0.2) is 4.39 Å². The Labute approximate surface area is 202 Å². The minimum atomic E-state index is -0.664. The molecule has 2 aromatic carbocycles. The van der Waals surface area contributed by atoms with Crippen LogP contribution in [0.2, 0.25) is 0 Å². The van der Waals surface area contributed by atoms with Crippen molar-refractivity contribution in [1.29, 1.82) is 0 Å². The molecule has 0 radical (unpaired) electrons. The molecule has 1 amide bonds. The third kappa shape index (κ3) is 6.45. The summed E-state index contributed by atoms with van der Waals surface area (Å²) in [6.07, 6.45) is 1.73. The van der Waals surface area contributed by atoms with Crippen LogP contribution in [-0.4, -0.2) is 58.8 Å². The number of carboxylic acids is 1. The molecule has 4 rings (SSSR count). The first-order chi connectivity index (χ1) is 16.3. The number of carbonyl (C=O) groups is 2. The van der Waals surface area contributed by atoms with Crippen LogP contribution >= 0.6 is 11.3 Å². The van der Waals surface area contributed by atoms with Crippen molar-refractivity contribution < 1.29 is 19.1 Å². The molecule has 180 valence electrons. The van der Waals surface area contributed by atoms with Gasteiger partial charge >= 0.3 is 5.97 Å². The van der Waals surface area contributed by atoms with Gasteiger partial charge in [-0.15, -0.1) is 10.2 Å². The number of unbranched alkanes of at least 4 members (excludes halogenated alkanes) is 1. The van der Waals surface area contributed by atoms with Crippen LogP contribution in [0.4, 0.5) is 9.52 Å². The van der Waals surface area contributed by atoms with E-state index in [0.717, 1.165) is 42.1 Å². The lowest BCUT2D eigenvalue weighted by Crippen LogP contribution is -2.47. The number of nitrogens with zero attached hydrogens (tertiary/aromatic N) is 4. The lowest BCUT2D eigenvalue weighted by Gasteiger charge is -2.32.